The first-order chi connectivity index (χ1) is 17.9. The van der Waals surface area contributed by atoms with Gasteiger partial charge in [-0.15, -0.1) is 0 Å². The predicted molar refractivity (Wildman–Crippen MR) is 147 cm³/mol. The van der Waals surface area contributed by atoms with Crippen LogP contribution >= 0.6 is 23.2 Å². The van der Waals surface area contributed by atoms with Crippen molar-refractivity contribution in [1.82, 2.24) is 10.6 Å². The van der Waals surface area contributed by atoms with Crippen molar-refractivity contribution >= 4 is 40.7 Å². The van der Waals surface area contributed by atoms with Crippen LogP contribution in [0.2, 0.25) is 10.0 Å². The molecule has 5 rings (SSSR count). The van der Waals surface area contributed by atoms with Gasteiger partial charge in [-0.3, -0.25) is 9.59 Å². The molecule has 0 unspecified atom stereocenters. The Kier molecular flexibility index (Phi) is 7.27. The van der Waals surface area contributed by atoms with Gasteiger partial charge in [0.05, 0.1) is 17.2 Å². The van der Waals surface area contributed by atoms with E-state index in [-0.39, 0.29) is 40.0 Å². The normalized spacial score (nSPS) is 30.8. The van der Waals surface area contributed by atoms with Crippen molar-refractivity contribution in [3.63, 3.8) is 0 Å². The Morgan fingerprint density at radius 1 is 1.16 bits per heavy atom. The highest BCUT2D eigenvalue weighted by molar-refractivity contribution is 6.31. The maximum atomic E-state index is 15.8. The van der Waals surface area contributed by atoms with Gasteiger partial charge in [-0.2, -0.15) is 0 Å². The summed E-state index contributed by atoms with van der Waals surface area (Å²) < 4.78 is 15.8. The number of benzene rings is 2. The molecule has 3 aliphatic rings. The van der Waals surface area contributed by atoms with Crippen LogP contribution in [0.4, 0.5) is 10.1 Å². The highest BCUT2D eigenvalue weighted by atomic mass is 35.5. The Hall–Kier alpha value is -2.19. The van der Waals surface area contributed by atoms with Crippen LogP contribution in [0.25, 0.3) is 0 Å². The highest BCUT2D eigenvalue weighted by Crippen LogP contribution is 2.57. The lowest BCUT2D eigenvalue weighted by Crippen LogP contribution is -2.50. The van der Waals surface area contributed by atoms with E-state index in [1.54, 1.807) is 24.3 Å². The number of aliphatic hydroxyl groups excluding tert-OH is 1. The molecule has 38 heavy (non-hydrogen) atoms. The predicted octanol–water partition coefficient (Wildman–Crippen LogP) is 5.30. The molecule has 2 aliphatic heterocycles. The van der Waals surface area contributed by atoms with Crippen molar-refractivity contribution in [2.45, 2.75) is 88.4 Å². The molecule has 0 aromatic heterocycles. The van der Waals surface area contributed by atoms with Gasteiger partial charge >= 0.3 is 0 Å². The van der Waals surface area contributed by atoms with Crippen molar-refractivity contribution in [2.75, 3.05) is 5.32 Å². The number of nitrogens with one attached hydrogen (secondary N) is 3. The van der Waals surface area contributed by atoms with Gasteiger partial charge in [0, 0.05) is 28.7 Å². The largest absolute Gasteiger partial charge is 0.393 e. The van der Waals surface area contributed by atoms with Crippen LogP contribution in [0.5, 0.6) is 0 Å². The molecule has 0 bridgehead atoms. The topological polar surface area (TPSA) is 90.5 Å². The standard InChI is InChI=1S/C29H34Cl2FN3O3/c1-28(2,3)14-22-29(19-12-7-15(30)13-21(19)34-27(29)38)23(18-5-4-6-20(31)24(18)32)25(35-22)26(37)33-16-8-10-17(36)11-9-16/h4-7,12-13,16-17,22-23,25,35-36H,8-11,14H2,1-3H3,(H,33,37)(H,34,38)/t16?,17?,22-,23+,25-,29-/m0/s1. The van der Waals surface area contributed by atoms with Crippen molar-refractivity contribution in [3.8, 4) is 0 Å². The van der Waals surface area contributed by atoms with Crippen molar-refractivity contribution in [2.24, 2.45) is 5.41 Å². The van der Waals surface area contributed by atoms with Gasteiger partial charge in [-0.05, 0) is 66.8 Å². The molecule has 2 fully saturated rings. The molecule has 2 aromatic rings. The van der Waals surface area contributed by atoms with E-state index in [0.717, 1.165) is 0 Å². The number of carbonyl (C=O) groups excluding carboxylic acids is 2. The molecular formula is C29H34Cl2FN3O3. The number of rotatable bonds is 4. The molecular weight excluding hydrogens is 528 g/mol. The van der Waals surface area contributed by atoms with Crippen molar-refractivity contribution in [3.05, 3.63) is 63.4 Å². The second kappa shape index (κ2) is 10.1. The quantitative estimate of drug-likeness (QED) is 0.407. The number of hydrogen-bond acceptors (Lipinski definition) is 4. The van der Waals surface area contributed by atoms with E-state index in [9.17, 15) is 14.7 Å². The zero-order chi connectivity index (χ0) is 27.4. The first kappa shape index (κ1) is 27.4. The van der Waals surface area contributed by atoms with Gasteiger partial charge in [-0.1, -0.05) is 62.2 Å². The summed E-state index contributed by atoms with van der Waals surface area (Å²) in [6, 6.07) is 8.50. The fourth-order valence-electron chi connectivity index (χ4n) is 6.66. The Morgan fingerprint density at radius 2 is 1.87 bits per heavy atom. The van der Waals surface area contributed by atoms with E-state index in [1.807, 2.05) is 6.07 Å². The molecule has 2 amide bonds. The first-order valence-electron chi connectivity index (χ1n) is 13.2. The lowest BCUT2D eigenvalue weighted by atomic mass is 9.62. The van der Waals surface area contributed by atoms with Gasteiger partial charge in [-0.25, -0.2) is 4.39 Å². The molecule has 1 saturated heterocycles. The monoisotopic (exact) mass is 561 g/mol. The van der Waals surface area contributed by atoms with Crippen LogP contribution in [-0.2, 0) is 15.0 Å². The molecule has 0 radical (unpaired) electrons. The summed E-state index contributed by atoms with van der Waals surface area (Å²) in [5, 5.41) is 19.9. The third-order valence-corrected chi connectivity index (χ3v) is 8.79. The molecule has 1 spiro atoms. The summed E-state index contributed by atoms with van der Waals surface area (Å²) in [6.07, 6.45) is 2.75. The smallest absolute Gasteiger partial charge is 0.238 e. The second-order valence-corrected chi connectivity index (χ2v) is 13.0. The van der Waals surface area contributed by atoms with Crippen LogP contribution < -0.4 is 16.0 Å². The second-order valence-electron chi connectivity index (χ2n) is 12.1. The van der Waals surface area contributed by atoms with E-state index in [2.05, 4.69) is 36.7 Å². The molecule has 4 N–H and O–H groups in total. The van der Waals surface area contributed by atoms with Crippen LogP contribution in [0.3, 0.4) is 0 Å². The van der Waals surface area contributed by atoms with Crippen LogP contribution in [-0.4, -0.2) is 41.2 Å². The molecule has 6 nitrogen and oxygen atoms in total. The van der Waals surface area contributed by atoms with Crippen LogP contribution in [0.15, 0.2) is 36.4 Å². The van der Waals surface area contributed by atoms with Crippen LogP contribution in [0, 0.1) is 11.2 Å². The summed E-state index contributed by atoms with van der Waals surface area (Å²) >= 11 is 12.5. The number of fused-ring (bicyclic) bond motifs is 2. The minimum Gasteiger partial charge on any atom is -0.393 e. The average Bonchev–Trinajstić information content (AvgIpc) is 3.31. The number of anilines is 1. The minimum atomic E-state index is -1.27. The molecule has 9 heteroatoms. The third-order valence-electron chi connectivity index (χ3n) is 8.26. The van der Waals surface area contributed by atoms with Gasteiger partial charge < -0.3 is 21.1 Å². The summed E-state index contributed by atoms with van der Waals surface area (Å²) in [5.41, 5.74) is -0.00278. The fourth-order valence-corrected chi connectivity index (χ4v) is 7.02. The lowest BCUT2D eigenvalue weighted by Gasteiger charge is -2.38. The van der Waals surface area contributed by atoms with E-state index >= 15 is 4.39 Å². The molecule has 204 valence electrons. The maximum Gasteiger partial charge on any atom is 0.238 e. The van der Waals surface area contributed by atoms with Gasteiger partial charge in [0.15, 0.2) is 0 Å². The van der Waals surface area contributed by atoms with Crippen molar-refractivity contribution < 1.29 is 19.1 Å². The molecule has 2 heterocycles. The summed E-state index contributed by atoms with van der Waals surface area (Å²) in [7, 11) is 0. The van der Waals surface area contributed by atoms with Crippen molar-refractivity contribution in [1.29, 1.82) is 0 Å². The summed E-state index contributed by atoms with van der Waals surface area (Å²) in [4.78, 5) is 28.1. The zero-order valence-electron chi connectivity index (χ0n) is 21.8. The number of aliphatic hydroxyl groups is 1. The molecule has 4 atom stereocenters. The third kappa shape index (κ3) is 4.72. The Balaban J connectivity index is 1.67. The highest BCUT2D eigenvalue weighted by Gasteiger charge is 2.66. The van der Waals surface area contributed by atoms with Gasteiger partial charge in [0.25, 0.3) is 0 Å². The Bertz CT molecular complexity index is 1260. The van der Waals surface area contributed by atoms with E-state index in [4.69, 9.17) is 23.2 Å². The SMILES string of the molecule is CC(C)(C)C[C@@H]1N[C@H](C(=O)NC2CCC(O)CC2)[C@@H](c2cccc(Cl)c2F)[C@@]12C(=O)Nc1cc(Cl)ccc12. The fraction of sp³-hybridized carbons (Fsp3) is 0.517. The number of hydrogen-bond donors (Lipinski definition) is 4. The van der Waals surface area contributed by atoms with Crippen LogP contribution in [0.1, 0.15) is 69.9 Å². The van der Waals surface area contributed by atoms with Gasteiger partial charge in [0.2, 0.25) is 11.8 Å². The zero-order valence-corrected chi connectivity index (χ0v) is 23.3. The van der Waals surface area contributed by atoms with E-state index in [0.29, 0.717) is 48.4 Å². The number of carbonyl (C=O) groups is 2. The Labute approximate surface area is 232 Å². The van der Waals surface area contributed by atoms with E-state index in [1.165, 1.54) is 6.07 Å². The average molecular weight is 563 g/mol. The number of halogens is 3. The Morgan fingerprint density at radius 3 is 2.55 bits per heavy atom. The molecule has 1 aliphatic carbocycles. The maximum absolute atomic E-state index is 15.8. The summed E-state index contributed by atoms with van der Waals surface area (Å²) in [5.74, 6) is -2.09. The number of amides is 2. The molecule has 2 aromatic carbocycles. The lowest BCUT2D eigenvalue weighted by molar-refractivity contribution is -0.124. The minimum absolute atomic E-state index is 0.0629. The summed E-state index contributed by atoms with van der Waals surface area (Å²) in [6.45, 7) is 6.23. The van der Waals surface area contributed by atoms with Gasteiger partial charge in [0.1, 0.15) is 11.2 Å². The first-order valence-corrected chi connectivity index (χ1v) is 14.0. The molecule has 1 saturated carbocycles. The van der Waals surface area contributed by atoms with E-state index < -0.39 is 29.2 Å².